The van der Waals surface area contributed by atoms with Gasteiger partial charge in [0.1, 0.15) is 0 Å². The molecule has 3 rings (SSSR count). The Bertz CT molecular complexity index is 768. The lowest BCUT2D eigenvalue weighted by Gasteiger charge is -2.38. The van der Waals surface area contributed by atoms with E-state index in [4.69, 9.17) is 0 Å². The summed E-state index contributed by atoms with van der Waals surface area (Å²) in [6.07, 6.45) is 2.76. The van der Waals surface area contributed by atoms with E-state index in [0.717, 1.165) is 49.2 Å². The van der Waals surface area contributed by atoms with Crippen LogP contribution in [0.25, 0.3) is 0 Å². The monoisotopic (exact) mass is 443 g/mol. The lowest BCUT2D eigenvalue weighted by Crippen LogP contribution is -2.50. The molecular formula is C18H26BrN3O3S. The SMILES string of the molecule is CN1CCN(C(=O)C2CCN(c3c(Br)cccc3S(C)(=O)=O)CC2)CC1. The number of hydrogen-bond donors (Lipinski definition) is 0. The first kappa shape index (κ1) is 19.6. The fraction of sp³-hybridized carbons (Fsp3) is 0.611. The number of carbonyl (C=O) groups excluding carboxylic acids is 1. The molecule has 0 aliphatic carbocycles. The van der Waals surface area contributed by atoms with E-state index in [-0.39, 0.29) is 11.8 Å². The highest BCUT2D eigenvalue weighted by Crippen LogP contribution is 2.36. The van der Waals surface area contributed by atoms with Crippen LogP contribution in [0.4, 0.5) is 5.69 Å². The van der Waals surface area contributed by atoms with Crippen LogP contribution in [0.1, 0.15) is 12.8 Å². The van der Waals surface area contributed by atoms with Gasteiger partial charge in [-0.1, -0.05) is 6.07 Å². The second-order valence-electron chi connectivity index (χ2n) is 7.25. The van der Waals surface area contributed by atoms with Crippen LogP contribution >= 0.6 is 15.9 Å². The number of sulfone groups is 1. The van der Waals surface area contributed by atoms with Crippen molar-refractivity contribution in [3.63, 3.8) is 0 Å². The molecule has 0 spiro atoms. The summed E-state index contributed by atoms with van der Waals surface area (Å²) in [5, 5.41) is 0. The van der Waals surface area contributed by atoms with E-state index in [1.165, 1.54) is 6.26 Å². The Morgan fingerprint density at radius 2 is 1.69 bits per heavy atom. The summed E-state index contributed by atoms with van der Waals surface area (Å²) in [5.74, 6) is 0.298. The molecule has 0 radical (unpaired) electrons. The zero-order valence-electron chi connectivity index (χ0n) is 15.3. The van der Waals surface area contributed by atoms with E-state index in [2.05, 4.69) is 32.8 Å². The topological polar surface area (TPSA) is 60.9 Å². The minimum Gasteiger partial charge on any atom is -0.370 e. The number of benzene rings is 1. The van der Waals surface area contributed by atoms with Gasteiger partial charge in [0.05, 0.1) is 10.6 Å². The summed E-state index contributed by atoms with van der Waals surface area (Å²) in [5.41, 5.74) is 0.723. The van der Waals surface area contributed by atoms with Gasteiger partial charge in [0, 0.05) is 55.9 Å². The molecule has 1 amide bonds. The Kier molecular flexibility index (Phi) is 5.94. The number of anilines is 1. The van der Waals surface area contributed by atoms with Crippen LogP contribution in [0.3, 0.4) is 0 Å². The molecule has 2 heterocycles. The summed E-state index contributed by atoms with van der Waals surface area (Å²) in [7, 11) is -1.23. The van der Waals surface area contributed by atoms with E-state index in [1.807, 2.05) is 11.0 Å². The fourth-order valence-corrected chi connectivity index (χ4v) is 5.40. The van der Waals surface area contributed by atoms with E-state index >= 15 is 0 Å². The van der Waals surface area contributed by atoms with Gasteiger partial charge < -0.3 is 14.7 Å². The number of piperidine rings is 1. The number of hydrogen-bond acceptors (Lipinski definition) is 5. The van der Waals surface area contributed by atoms with Gasteiger partial charge in [0.15, 0.2) is 9.84 Å². The number of para-hydroxylation sites is 1. The third-order valence-corrected chi connectivity index (χ3v) is 7.09. The van der Waals surface area contributed by atoms with Crippen molar-refractivity contribution in [3.05, 3.63) is 22.7 Å². The predicted octanol–water partition coefficient (Wildman–Crippen LogP) is 1.84. The van der Waals surface area contributed by atoms with Crippen molar-refractivity contribution in [2.45, 2.75) is 17.7 Å². The zero-order chi connectivity index (χ0) is 18.9. The van der Waals surface area contributed by atoms with Crippen LogP contribution in [-0.2, 0) is 14.6 Å². The molecule has 6 nitrogen and oxygen atoms in total. The lowest BCUT2D eigenvalue weighted by molar-refractivity contribution is -0.137. The molecule has 0 bridgehead atoms. The lowest BCUT2D eigenvalue weighted by atomic mass is 9.94. The van der Waals surface area contributed by atoms with Crippen molar-refractivity contribution in [2.24, 2.45) is 5.92 Å². The average molecular weight is 444 g/mol. The second-order valence-corrected chi connectivity index (χ2v) is 10.1. The molecule has 0 N–H and O–H groups in total. The second kappa shape index (κ2) is 7.86. The highest BCUT2D eigenvalue weighted by Gasteiger charge is 2.31. The molecule has 2 saturated heterocycles. The number of nitrogens with zero attached hydrogens (tertiary/aromatic N) is 3. The van der Waals surface area contributed by atoms with Gasteiger partial charge in [-0.05, 0) is 48.0 Å². The zero-order valence-corrected chi connectivity index (χ0v) is 17.7. The third kappa shape index (κ3) is 4.23. The number of amides is 1. The average Bonchev–Trinajstić information content (AvgIpc) is 2.61. The minimum absolute atomic E-state index is 0.0406. The van der Waals surface area contributed by atoms with Crippen LogP contribution in [-0.4, -0.2) is 76.7 Å². The summed E-state index contributed by atoms with van der Waals surface area (Å²) in [6, 6.07) is 5.26. The number of halogens is 1. The summed E-state index contributed by atoms with van der Waals surface area (Å²) >= 11 is 3.50. The fourth-order valence-electron chi connectivity index (χ4n) is 3.74. The van der Waals surface area contributed by atoms with Crippen molar-refractivity contribution < 1.29 is 13.2 Å². The molecule has 26 heavy (non-hydrogen) atoms. The highest BCUT2D eigenvalue weighted by atomic mass is 79.9. The Morgan fingerprint density at radius 1 is 1.08 bits per heavy atom. The summed E-state index contributed by atoms with van der Waals surface area (Å²) in [6.45, 7) is 4.85. The van der Waals surface area contributed by atoms with Crippen LogP contribution in [0.5, 0.6) is 0 Å². The summed E-state index contributed by atoms with van der Waals surface area (Å²) < 4.78 is 25.1. The van der Waals surface area contributed by atoms with Crippen molar-refractivity contribution in [3.8, 4) is 0 Å². The van der Waals surface area contributed by atoms with Crippen molar-refractivity contribution in [2.75, 3.05) is 57.5 Å². The smallest absolute Gasteiger partial charge is 0.225 e. The Balaban J connectivity index is 1.69. The van der Waals surface area contributed by atoms with Gasteiger partial charge in [-0.15, -0.1) is 0 Å². The van der Waals surface area contributed by atoms with Crippen molar-refractivity contribution in [1.82, 2.24) is 9.80 Å². The number of carbonyl (C=O) groups is 1. The molecule has 144 valence electrons. The van der Waals surface area contributed by atoms with Gasteiger partial charge in [0.25, 0.3) is 0 Å². The predicted molar refractivity (Wildman–Crippen MR) is 106 cm³/mol. The molecule has 2 fully saturated rings. The molecule has 2 aliphatic heterocycles. The van der Waals surface area contributed by atoms with Gasteiger partial charge >= 0.3 is 0 Å². The Hall–Kier alpha value is -1.12. The quantitative estimate of drug-likeness (QED) is 0.712. The normalized spacial score (nSPS) is 20.4. The van der Waals surface area contributed by atoms with Gasteiger partial charge in [-0.2, -0.15) is 0 Å². The maximum absolute atomic E-state index is 12.8. The largest absolute Gasteiger partial charge is 0.370 e. The van der Waals surface area contributed by atoms with E-state index < -0.39 is 9.84 Å². The third-order valence-electron chi connectivity index (χ3n) is 5.32. The molecular weight excluding hydrogens is 418 g/mol. The maximum atomic E-state index is 12.8. The Labute approximate surface area is 164 Å². The highest BCUT2D eigenvalue weighted by molar-refractivity contribution is 9.10. The van der Waals surface area contributed by atoms with Gasteiger partial charge in [-0.25, -0.2) is 8.42 Å². The first-order valence-corrected chi connectivity index (χ1v) is 11.7. The molecule has 0 atom stereocenters. The van der Waals surface area contributed by atoms with Crippen LogP contribution in [0.2, 0.25) is 0 Å². The van der Waals surface area contributed by atoms with E-state index in [1.54, 1.807) is 12.1 Å². The first-order valence-electron chi connectivity index (χ1n) is 8.98. The molecule has 0 unspecified atom stereocenters. The van der Waals surface area contributed by atoms with Crippen LogP contribution in [0.15, 0.2) is 27.6 Å². The number of likely N-dealkylation sites (N-methyl/N-ethyl adjacent to an activating group) is 1. The standard InChI is InChI=1S/C18H26BrN3O3S/c1-20-10-12-22(13-11-20)18(23)14-6-8-21(9-7-14)17-15(19)4-3-5-16(17)26(2,24)25/h3-5,14H,6-13H2,1-2H3. The molecule has 2 aliphatic rings. The molecule has 1 aromatic rings. The molecule has 8 heteroatoms. The molecule has 0 saturated carbocycles. The van der Waals surface area contributed by atoms with Crippen molar-refractivity contribution >= 4 is 37.4 Å². The van der Waals surface area contributed by atoms with Gasteiger partial charge in [0.2, 0.25) is 5.91 Å². The van der Waals surface area contributed by atoms with Crippen LogP contribution in [0, 0.1) is 5.92 Å². The molecule has 0 aromatic heterocycles. The first-order chi connectivity index (χ1) is 12.3. The number of rotatable bonds is 3. The number of piperazine rings is 1. The Morgan fingerprint density at radius 3 is 2.27 bits per heavy atom. The van der Waals surface area contributed by atoms with Crippen LogP contribution < -0.4 is 4.90 Å². The minimum atomic E-state index is -3.31. The summed E-state index contributed by atoms with van der Waals surface area (Å²) in [4.78, 5) is 19.4. The van der Waals surface area contributed by atoms with E-state index in [9.17, 15) is 13.2 Å². The van der Waals surface area contributed by atoms with Gasteiger partial charge in [-0.3, -0.25) is 4.79 Å². The van der Waals surface area contributed by atoms with E-state index in [0.29, 0.717) is 18.0 Å². The van der Waals surface area contributed by atoms with Crippen molar-refractivity contribution in [1.29, 1.82) is 0 Å². The maximum Gasteiger partial charge on any atom is 0.225 e. The molecule has 1 aromatic carbocycles.